The highest BCUT2D eigenvalue weighted by molar-refractivity contribution is 5.42. The number of hydrogen-bond donors (Lipinski definition) is 1. The Morgan fingerprint density at radius 1 is 1.40 bits per heavy atom. The van der Waals surface area contributed by atoms with Crippen LogP contribution in [0.4, 0.5) is 0 Å². The van der Waals surface area contributed by atoms with E-state index in [-0.39, 0.29) is 0 Å². The van der Waals surface area contributed by atoms with E-state index in [0.29, 0.717) is 29.9 Å². The normalized spacial score (nSPS) is 17.4. The summed E-state index contributed by atoms with van der Waals surface area (Å²) >= 11 is 0. The first-order valence-electron chi connectivity index (χ1n) is 7.24. The molecule has 1 aliphatic rings. The second-order valence-electron chi connectivity index (χ2n) is 5.15. The molecule has 1 atom stereocenters. The quantitative estimate of drug-likeness (QED) is 0.809. The molecule has 1 fully saturated rings. The SMILES string of the molecule is C[C@@H](NCCOc1ccccc1C#N)C1CCOCC1. The second-order valence-corrected chi connectivity index (χ2v) is 5.15. The number of ether oxygens (including phenoxy) is 2. The largest absolute Gasteiger partial charge is 0.491 e. The van der Waals surface area contributed by atoms with Gasteiger partial charge in [-0.1, -0.05) is 12.1 Å². The van der Waals surface area contributed by atoms with Crippen LogP contribution in [0.25, 0.3) is 0 Å². The Morgan fingerprint density at radius 3 is 2.90 bits per heavy atom. The molecule has 1 aromatic rings. The highest BCUT2D eigenvalue weighted by Crippen LogP contribution is 2.18. The van der Waals surface area contributed by atoms with Gasteiger partial charge < -0.3 is 14.8 Å². The lowest BCUT2D eigenvalue weighted by Crippen LogP contribution is -2.38. The number of nitriles is 1. The molecule has 0 bridgehead atoms. The van der Waals surface area contributed by atoms with Gasteiger partial charge in [-0.05, 0) is 37.8 Å². The third-order valence-electron chi connectivity index (χ3n) is 3.81. The van der Waals surface area contributed by atoms with Gasteiger partial charge in [0.15, 0.2) is 0 Å². The van der Waals surface area contributed by atoms with Crippen LogP contribution in [0.15, 0.2) is 24.3 Å². The number of rotatable bonds is 6. The van der Waals surface area contributed by atoms with E-state index in [1.807, 2.05) is 18.2 Å². The molecular weight excluding hydrogens is 252 g/mol. The van der Waals surface area contributed by atoms with Crippen molar-refractivity contribution in [2.45, 2.75) is 25.8 Å². The van der Waals surface area contributed by atoms with Gasteiger partial charge in [0.2, 0.25) is 0 Å². The molecule has 1 heterocycles. The summed E-state index contributed by atoms with van der Waals surface area (Å²) in [6.45, 7) is 5.34. The van der Waals surface area contributed by atoms with Crippen molar-refractivity contribution in [2.75, 3.05) is 26.4 Å². The summed E-state index contributed by atoms with van der Waals surface area (Å²) in [5, 5.41) is 12.5. The summed E-state index contributed by atoms with van der Waals surface area (Å²) in [6.07, 6.45) is 2.26. The Hall–Kier alpha value is -1.57. The lowest BCUT2D eigenvalue weighted by Gasteiger charge is -2.28. The fourth-order valence-electron chi connectivity index (χ4n) is 2.51. The average Bonchev–Trinajstić information content (AvgIpc) is 2.52. The number of nitrogens with zero attached hydrogens (tertiary/aromatic N) is 1. The van der Waals surface area contributed by atoms with Crippen LogP contribution in [0, 0.1) is 17.2 Å². The van der Waals surface area contributed by atoms with E-state index in [1.165, 1.54) is 0 Å². The van der Waals surface area contributed by atoms with Crippen molar-refractivity contribution in [3.63, 3.8) is 0 Å². The van der Waals surface area contributed by atoms with E-state index in [0.717, 1.165) is 32.6 Å². The van der Waals surface area contributed by atoms with E-state index in [4.69, 9.17) is 14.7 Å². The summed E-state index contributed by atoms with van der Waals surface area (Å²) in [4.78, 5) is 0. The van der Waals surface area contributed by atoms with Crippen LogP contribution in [0.1, 0.15) is 25.3 Å². The molecule has 0 aromatic heterocycles. The van der Waals surface area contributed by atoms with Gasteiger partial charge in [-0.25, -0.2) is 0 Å². The van der Waals surface area contributed by atoms with Gasteiger partial charge in [0, 0.05) is 25.8 Å². The molecule has 1 aliphatic heterocycles. The van der Waals surface area contributed by atoms with Gasteiger partial charge in [-0.2, -0.15) is 5.26 Å². The van der Waals surface area contributed by atoms with E-state index >= 15 is 0 Å². The van der Waals surface area contributed by atoms with Crippen LogP contribution in [0.5, 0.6) is 5.75 Å². The van der Waals surface area contributed by atoms with Gasteiger partial charge in [0.05, 0.1) is 5.56 Å². The zero-order chi connectivity index (χ0) is 14.2. The predicted octanol–water partition coefficient (Wildman–Crippen LogP) is 2.34. The third-order valence-corrected chi connectivity index (χ3v) is 3.81. The average molecular weight is 274 g/mol. The standard InChI is InChI=1S/C16H22N2O2/c1-13(14-6-9-19-10-7-14)18-8-11-20-16-5-3-2-4-15(16)12-17/h2-5,13-14,18H,6-11H2,1H3/t13-/m1/s1. The van der Waals surface area contributed by atoms with Crippen LogP contribution in [0.3, 0.4) is 0 Å². The first-order chi connectivity index (χ1) is 9.81. The molecule has 0 spiro atoms. The first-order valence-corrected chi connectivity index (χ1v) is 7.24. The van der Waals surface area contributed by atoms with Crippen molar-refractivity contribution < 1.29 is 9.47 Å². The third kappa shape index (κ3) is 4.22. The number of hydrogen-bond acceptors (Lipinski definition) is 4. The van der Waals surface area contributed by atoms with Gasteiger partial charge in [-0.3, -0.25) is 0 Å². The topological polar surface area (TPSA) is 54.3 Å². The summed E-state index contributed by atoms with van der Waals surface area (Å²) in [6, 6.07) is 9.95. The molecule has 0 unspecified atom stereocenters. The fourth-order valence-corrected chi connectivity index (χ4v) is 2.51. The molecule has 2 rings (SSSR count). The van der Waals surface area contributed by atoms with E-state index in [2.05, 4.69) is 18.3 Å². The highest BCUT2D eigenvalue weighted by Gasteiger charge is 2.19. The minimum absolute atomic E-state index is 0.480. The fraction of sp³-hybridized carbons (Fsp3) is 0.562. The van der Waals surface area contributed by atoms with E-state index in [9.17, 15) is 0 Å². The number of benzene rings is 1. The van der Waals surface area contributed by atoms with E-state index in [1.54, 1.807) is 6.07 Å². The maximum absolute atomic E-state index is 8.98. The minimum atomic E-state index is 0.480. The molecule has 0 radical (unpaired) electrons. The molecule has 20 heavy (non-hydrogen) atoms. The van der Waals surface area contributed by atoms with Crippen LogP contribution in [-0.4, -0.2) is 32.4 Å². The van der Waals surface area contributed by atoms with Gasteiger partial charge in [0.25, 0.3) is 0 Å². The Bertz CT molecular complexity index is 450. The molecule has 0 aliphatic carbocycles. The van der Waals surface area contributed by atoms with Crippen LogP contribution in [-0.2, 0) is 4.74 Å². The monoisotopic (exact) mass is 274 g/mol. The maximum atomic E-state index is 8.98. The maximum Gasteiger partial charge on any atom is 0.137 e. The van der Waals surface area contributed by atoms with Crippen molar-refractivity contribution in [1.29, 1.82) is 5.26 Å². The Labute approximate surface area is 120 Å². The van der Waals surface area contributed by atoms with Gasteiger partial charge in [0.1, 0.15) is 18.4 Å². The molecule has 0 amide bonds. The van der Waals surface area contributed by atoms with Crippen LogP contribution in [0.2, 0.25) is 0 Å². The van der Waals surface area contributed by atoms with Crippen LogP contribution >= 0.6 is 0 Å². The molecule has 1 saturated heterocycles. The van der Waals surface area contributed by atoms with Crippen LogP contribution < -0.4 is 10.1 Å². The van der Waals surface area contributed by atoms with Crippen molar-refractivity contribution in [3.05, 3.63) is 29.8 Å². The van der Waals surface area contributed by atoms with Crippen molar-refractivity contribution in [2.24, 2.45) is 5.92 Å². The minimum Gasteiger partial charge on any atom is -0.491 e. The van der Waals surface area contributed by atoms with Crippen molar-refractivity contribution in [3.8, 4) is 11.8 Å². The zero-order valence-electron chi connectivity index (χ0n) is 12.0. The summed E-state index contributed by atoms with van der Waals surface area (Å²) < 4.78 is 11.0. The van der Waals surface area contributed by atoms with E-state index < -0.39 is 0 Å². The van der Waals surface area contributed by atoms with Crippen molar-refractivity contribution >= 4 is 0 Å². The molecule has 0 saturated carbocycles. The molecule has 4 nitrogen and oxygen atoms in total. The lowest BCUT2D eigenvalue weighted by atomic mass is 9.93. The Kier molecular flexibility index (Phi) is 5.85. The molecule has 1 aromatic carbocycles. The number of nitrogens with one attached hydrogen (secondary N) is 1. The second kappa shape index (κ2) is 7.88. The summed E-state index contributed by atoms with van der Waals surface area (Å²) in [5.74, 6) is 1.35. The predicted molar refractivity (Wildman–Crippen MR) is 77.7 cm³/mol. The van der Waals surface area contributed by atoms with Gasteiger partial charge >= 0.3 is 0 Å². The molecule has 108 valence electrons. The summed E-state index contributed by atoms with van der Waals surface area (Å²) in [7, 11) is 0. The number of para-hydroxylation sites is 1. The Morgan fingerprint density at radius 2 is 2.15 bits per heavy atom. The van der Waals surface area contributed by atoms with Crippen molar-refractivity contribution in [1.82, 2.24) is 5.32 Å². The molecular formula is C16H22N2O2. The summed E-state index contributed by atoms with van der Waals surface area (Å²) in [5.41, 5.74) is 0.588. The Balaban J connectivity index is 1.69. The zero-order valence-corrected chi connectivity index (χ0v) is 12.0. The smallest absolute Gasteiger partial charge is 0.137 e. The molecule has 4 heteroatoms. The van der Waals surface area contributed by atoms with Gasteiger partial charge in [-0.15, -0.1) is 0 Å². The highest BCUT2D eigenvalue weighted by atomic mass is 16.5. The molecule has 1 N–H and O–H groups in total. The first kappa shape index (κ1) is 14.8. The lowest BCUT2D eigenvalue weighted by molar-refractivity contribution is 0.0556.